The van der Waals surface area contributed by atoms with E-state index in [0.29, 0.717) is 18.9 Å². The molecule has 1 fully saturated rings. The summed E-state index contributed by atoms with van der Waals surface area (Å²) < 4.78 is 22.9. The fraction of sp³-hybridized carbons (Fsp3) is 0.500. The summed E-state index contributed by atoms with van der Waals surface area (Å²) in [6.45, 7) is 2.74. The highest BCUT2D eigenvalue weighted by Crippen LogP contribution is 2.11. The van der Waals surface area contributed by atoms with Gasteiger partial charge in [0.1, 0.15) is 0 Å². The highest BCUT2D eigenvalue weighted by molar-refractivity contribution is 14.0. The molecule has 1 saturated heterocycles. The van der Waals surface area contributed by atoms with E-state index in [2.05, 4.69) is 34.7 Å². The molecule has 2 N–H and O–H groups in total. The predicted molar refractivity (Wildman–Crippen MR) is 97.0 cm³/mol. The summed E-state index contributed by atoms with van der Waals surface area (Å²) in [7, 11) is -1.18. The number of rotatable bonds is 3. The minimum atomic E-state index is -2.87. The number of hydrogen-bond donors (Lipinski definition) is 2. The van der Waals surface area contributed by atoms with Crippen molar-refractivity contribution in [3.05, 3.63) is 35.4 Å². The molecule has 0 aromatic heterocycles. The minimum absolute atomic E-state index is 0. The van der Waals surface area contributed by atoms with E-state index in [1.54, 1.807) is 7.05 Å². The maximum Gasteiger partial charge on any atom is 0.191 e. The van der Waals surface area contributed by atoms with Gasteiger partial charge < -0.3 is 10.6 Å². The van der Waals surface area contributed by atoms with Crippen LogP contribution in [0, 0.1) is 6.92 Å². The smallest absolute Gasteiger partial charge is 0.191 e. The molecular formula is C14H22IN3O2S. The van der Waals surface area contributed by atoms with Gasteiger partial charge in [-0.05, 0) is 24.5 Å². The molecule has 2 rings (SSSR count). The maximum atomic E-state index is 11.4. The number of nitrogens with one attached hydrogen (secondary N) is 2. The van der Waals surface area contributed by atoms with E-state index in [0.717, 1.165) is 0 Å². The van der Waals surface area contributed by atoms with Gasteiger partial charge in [0.15, 0.2) is 15.8 Å². The van der Waals surface area contributed by atoms with Crippen molar-refractivity contribution in [3.63, 3.8) is 0 Å². The van der Waals surface area contributed by atoms with E-state index in [-0.39, 0.29) is 41.5 Å². The van der Waals surface area contributed by atoms with Crippen molar-refractivity contribution in [3.8, 4) is 0 Å². The monoisotopic (exact) mass is 423 g/mol. The Bertz CT molecular complexity index is 602. The van der Waals surface area contributed by atoms with Crippen LogP contribution in [0.2, 0.25) is 0 Å². The molecule has 1 aromatic carbocycles. The summed E-state index contributed by atoms with van der Waals surface area (Å²) >= 11 is 0. The number of sulfone groups is 1. The van der Waals surface area contributed by atoms with Crippen molar-refractivity contribution in [1.82, 2.24) is 10.6 Å². The molecule has 1 aromatic rings. The number of nitrogens with zero attached hydrogens (tertiary/aromatic N) is 1. The molecule has 1 atom stereocenters. The first-order chi connectivity index (χ1) is 9.50. The Morgan fingerprint density at radius 3 is 2.67 bits per heavy atom. The number of aryl methyl sites for hydroxylation is 1. The fourth-order valence-electron chi connectivity index (χ4n) is 2.28. The van der Waals surface area contributed by atoms with Gasteiger partial charge in [-0.15, -0.1) is 24.0 Å². The third-order valence-corrected chi connectivity index (χ3v) is 5.27. The molecule has 5 nitrogen and oxygen atoms in total. The van der Waals surface area contributed by atoms with E-state index in [1.807, 2.05) is 12.1 Å². The van der Waals surface area contributed by atoms with Crippen LogP contribution in [0.5, 0.6) is 0 Å². The third-order valence-electron chi connectivity index (χ3n) is 3.50. The number of guanidine groups is 1. The minimum Gasteiger partial charge on any atom is -0.353 e. The van der Waals surface area contributed by atoms with Crippen molar-refractivity contribution in [2.75, 3.05) is 18.6 Å². The summed E-state index contributed by atoms with van der Waals surface area (Å²) in [5, 5.41) is 6.40. The lowest BCUT2D eigenvalue weighted by molar-refractivity contribution is 0.599. The highest BCUT2D eigenvalue weighted by Gasteiger charge is 2.28. The molecule has 1 heterocycles. The van der Waals surface area contributed by atoms with E-state index in [9.17, 15) is 8.42 Å². The first kappa shape index (κ1) is 18.2. The Hall–Kier alpha value is -0.830. The molecule has 0 radical (unpaired) electrons. The molecule has 0 spiro atoms. The topological polar surface area (TPSA) is 70.6 Å². The summed E-state index contributed by atoms with van der Waals surface area (Å²) in [5.74, 6) is 1.10. The zero-order valence-corrected chi connectivity index (χ0v) is 15.4. The first-order valence-corrected chi connectivity index (χ1v) is 8.54. The second-order valence-corrected chi connectivity index (χ2v) is 7.33. The summed E-state index contributed by atoms with van der Waals surface area (Å²) in [5.41, 5.74) is 2.42. The van der Waals surface area contributed by atoms with Crippen molar-refractivity contribution < 1.29 is 8.42 Å². The molecule has 7 heteroatoms. The van der Waals surface area contributed by atoms with Gasteiger partial charge >= 0.3 is 0 Å². The van der Waals surface area contributed by atoms with Gasteiger partial charge in [-0.2, -0.15) is 0 Å². The van der Waals surface area contributed by atoms with Gasteiger partial charge in [0.2, 0.25) is 0 Å². The molecule has 118 valence electrons. The Morgan fingerprint density at radius 2 is 2.10 bits per heavy atom. The van der Waals surface area contributed by atoms with E-state index >= 15 is 0 Å². The molecule has 1 aliphatic heterocycles. The zero-order chi connectivity index (χ0) is 14.6. The number of hydrogen-bond acceptors (Lipinski definition) is 3. The van der Waals surface area contributed by atoms with Crippen LogP contribution in [0.25, 0.3) is 0 Å². The van der Waals surface area contributed by atoms with Crippen molar-refractivity contribution in [2.45, 2.75) is 25.9 Å². The lowest BCUT2D eigenvalue weighted by atomic mass is 10.1. The summed E-state index contributed by atoms with van der Waals surface area (Å²) in [6.07, 6.45) is 0.646. The number of benzene rings is 1. The van der Waals surface area contributed by atoms with Crippen molar-refractivity contribution in [1.29, 1.82) is 0 Å². The normalized spacial score (nSPS) is 20.7. The SMILES string of the molecule is CN=C(NCc1ccccc1C)NC1CCS(=O)(=O)C1.I. The van der Waals surface area contributed by atoms with Gasteiger partial charge in [0, 0.05) is 19.6 Å². The lowest BCUT2D eigenvalue weighted by Crippen LogP contribution is -2.43. The Kier molecular flexibility index (Phi) is 6.92. The molecule has 21 heavy (non-hydrogen) atoms. The van der Waals surface area contributed by atoms with Crippen LogP contribution in [-0.2, 0) is 16.4 Å². The van der Waals surface area contributed by atoms with Gasteiger partial charge in [-0.3, -0.25) is 4.99 Å². The second-order valence-electron chi connectivity index (χ2n) is 5.10. The van der Waals surface area contributed by atoms with E-state index < -0.39 is 9.84 Å². The van der Waals surface area contributed by atoms with Crippen LogP contribution >= 0.6 is 24.0 Å². The van der Waals surface area contributed by atoms with E-state index in [1.165, 1.54) is 11.1 Å². The van der Waals surface area contributed by atoms with Crippen LogP contribution in [0.15, 0.2) is 29.3 Å². The average molecular weight is 423 g/mol. The molecule has 0 saturated carbocycles. The van der Waals surface area contributed by atoms with E-state index in [4.69, 9.17) is 0 Å². The van der Waals surface area contributed by atoms with Gasteiger partial charge in [-0.25, -0.2) is 8.42 Å². The van der Waals surface area contributed by atoms with Gasteiger partial charge in [0.05, 0.1) is 11.5 Å². The van der Waals surface area contributed by atoms with Gasteiger partial charge in [-0.1, -0.05) is 24.3 Å². The van der Waals surface area contributed by atoms with Gasteiger partial charge in [0.25, 0.3) is 0 Å². The molecule has 1 unspecified atom stereocenters. The quantitative estimate of drug-likeness (QED) is 0.439. The number of aliphatic imine (C=N–C) groups is 1. The average Bonchev–Trinajstić information content (AvgIpc) is 2.75. The Balaban J connectivity index is 0.00000220. The van der Waals surface area contributed by atoms with Crippen LogP contribution in [0.1, 0.15) is 17.5 Å². The second kappa shape index (κ2) is 7.98. The highest BCUT2D eigenvalue weighted by atomic mass is 127. The first-order valence-electron chi connectivity index (χ1n) is 6.72. The van der Waals surface area contributed by atoms with Crippen molar-refractivity contribution >= 4 is 39.8 Å². The standard InChI is InChI=1S/C14H21N3O2S.HI/c1-11-5-3-4-6-12(11)9-16-14(15-2)17-13-7-8-20(18,19)10-13;/h3-6,13H,7-10H2,1-2H3,(H2,15,16,17);1H. The predicted octanol–water partition coefficient (Wildman–Crippen LogP) is 1.47. The third kappa shape index (κ3) is 5.46. The number of halogens is 1. The molecule has 1 aliphatic rings. The lowest BCUT2D eigenvalue weighted by Gasteiger charge is -2.16. The fourth-order valence-corrected chi connectivity index (χ4v) is 3.96. The summed E-state index contributed by atoms with van der Waals surface area (Å²) in [6, 6.07) is 8.11. The van der Waals surface area contributed by atoms with Crippen molar-refractivity contribution in [2.24, 2.45) is 4.99 Å². The van der Waals surface area contributed by atoms with Crippen LogP contribution in [0.3, 0.4) is 0 Å². The Morgan fingerprint density at radius 1 is 1.38 bits per heavy atom. The summed E-state index contributed by atoms with van der Waals surface area (Å²) in [4.78, 5) is 4.14. The molecule has 0 bridgehead atoms. The van der Waals surface area contributed by atoms with Crippen LogP contribution in [0.4, 0.5) is 0 Å². The maximum absolute atomic E-state index is 11.4. The Labute approximate surface area is 143 Å². The molecular weight excluding hydrogens is 401 g/mol. The molecule has 0 amide bonds. The van der Waals surface area contributed by atoms with Crippen LogP contribution < -0.4 is 10.6 Å². The zero-order valence-electron chi connectivity index (χ0n) is 12.3. The molecule has 0 aliphatic carbocycles. The largest absolute Gasteiger partial charge is 0.353 e. The van der Waals surface area contributed by atoms with Crippen LogP contribution in [-0.4, -0.2) is 39.0 Å².